The molecule has 0 aliphatic heterocycles. The Hall–Kier alpha value is -0.760. The van der Waals surface area contributed by atoms with Crippen molar-refractivity contribution in [3.05, 3.63) is 39.5 Å². The first-order valence-corrected chi connectivity index (χ1v) is 6.10. The van der Waals surface area contributed by atoms with Crippen LogP contribution in [0.2, 0.25) is 0 Å². The lowest BCUT2D eigenvalue weighted by molar-refractivity contribution is -0.137. The Morgan fingerprint density at radius 1 is 1.39 bits per heavy atom. The van der Waals surface area contributed by atoms with E-state index in [1.54, 1.807) is 6.08 Å². The van der Waals surface area contributed by atoms with Crippen molar-refractivity contribution in [2.24, 2.45) is 0 Å². The van der Waals surface area contributed by atoms with Crippen LogP contribution >= 0.6 is 22.6 Å². The van der Waals surface area contributed by atoms with Crippen LogP contribution in [-0.2, 0) is 17.3 Å². The summed E-state index contributed by atoms with van der Waals surface area (Å²) in [5, 5.41) is 0. The van der Waals surface area contributed by atoms with Crippen LogP contribution in [0, 0.1) is 3.57 Å². The van der Waals surface area contributed by atoms with E-state index in [4.69, 9.17) is 9.47 Å². The van der Waals surface area contributed by atoms with Gasteiger partial charge in [0.15, 0.2) is 6.79 Å². The highest BCUT2D eigenvalue weighted by molar-refractivity contribution is 14.1. The molecule has 0 bridgehead atoms. The maximum atomic E-state index is 12.7. The van der Waals surface area contributed by atoms with Crippen molar-refractivity contribution in [2.45, 2.75) is 12.6 Å². The first kappa shape index (κ1) is 15.3. The third kappa shape index (κ3) is 3.88. The third-order valence-corrected chi connectivity index (χ3v) is 3.36. The van der Waals surface area contributed by atoms with E-state index in [1.807, 2.05) is 22.6 Å². The van der Waals surface area contributed by atoms with E-state index in [2.05, 4.69) is 6.58 Å². The number of hydrogen-bond donors (Lipinski definition) is 0. The largest absolute Gasteiger partial charge is 0.466 e. The molecule has 100 valence electrons. The van der Waals surface area contributed by atoms with Gasteiger partial charge in [-0.05, 0) is 46.7 Å². The van der Waals surface area contributed by atoms with Gasteiger partial charge in [-0.2, -0.15) is 13.2 Å². The first-order chi connectivity index (χ1) is 8.40. The fourth-order valence-corrected chi connectivity index (χ4v) is 2.04. The predicted molar refractivity (Wildman–Crippen MR) is 70.6 cm³/mol. The van der Waals surface area contributed by atoms with Gasteiger partial charge in [-0.3, -0.25) is 0 Å². The number of methoxy groups -OCH3 is 1. The molecule has 1 rings (SSSR count). The van der Waals surface area contributed by atoms with Crippen molar-refractivity contribution in [3.63, 3.8) is 0 Å². The topological polar surface area (TPSA) is 18.5 Å². The highest BCUT2D eigenvalue weighted by Gasteiger charge is 2.32. The lowest BCUT2D eigenvalue weighted by Gasteiger charge is -2.14. The summed E-state index contributed by atoms with van der Waals surface area (Å²) in [6.45, 7) is 3.44. The molecule has 0 saturated carbocycles. The molecule has 1 aromatic rings. The van der Waals surface area contributed by atoms with Crippen molar-refractivity contribution >= 4 is 22.6 Å². The lowest BCUT2D eigenvalue weighted by Crippen LogP contribution is -2.09. The molecule has 0 fully saturated rings. The maximum absolute atomic E-state index is 12.7. The highest BCUT2D eigenvalue weighted by Crippen LogP contribution is 2.36. The van der Waals surface area contributed by atoms with Gasteiger partial charge < -0.3 is 9.47 Å². The van der Waals surface area contributed by atoms with E-state index in [0.29, 0.717) is 15.6 Å². The van der Waals surface area contributed by atoms with Crippen molar-refractivity contribution < 1.29 is 22.6 Å². The summed E-state index contributed by atoms with van der Waals surface area (Å²) in [7, 11) is 1.41. The summed E-state index contributed by atoms with van der Waals surface area (Å²) in [4.78, 5) is 0. The predicted octanol–water partition coefficient (Wildman–Crippen LogP) is 4.02. The number of benzene rings is 1. The molecule has 0 aliphatic carbocycles. The molecule has 0 unspecified atom stereocenters. The van der Waals surface area contributed by atoms with Gasteiger partial charge in [-0.15, -0.1) is 6.58 Å². The fraction of sp³-hybridized carbons (Fsp3) is 0.333. The van der Waals surface area contributed by atoms with E-state index in [-0.39, 0.29) is 12.5 Å². The van der Waals surface area contributed by atoms with Crippen LogP contribution in [0.5, 0.6) is 5.75 Å². The van der Waals surface area contributed by atoms with Crippen molar-refractivity contribution in [3.8, 4) is 5.75 Å². The molecular weight excluding hydrogens is 360 g/mol. The minimum atomic E-state index is -4.40. The second-order valence-corrected chi connectivity index (χ2v) is 4.57. The van der Waals surface area contributed by atoms with Gasteiger partial charge in [0.05, 0.1) is 9.13 Å². The van der Waals surface area contributed by atoms with Gasteiger partial charge in [-0.1, -0.05) is 6.08 Å². The number of alkyl halides is 3. The minimum absolute atomic E-state index is 0.0924. The standard InChI is InChI=1S/C12H12F3IO2/c1-3-4-8-5-9(12(13,14)15)6-10(11(8)16)18-7-17-2/h3,5-6H,1,4,7H2,2H3. The van der Waals surface area contributed by atoms with E-state index in [0.717, 1.165) is 12.1 Å². The molecule has 18 heavy (non-hydrogen) atoms. The normalized spacial score (nSPS) is 11.4. The second kappa shape index (κ2) is 6.42. The molecule has 0 atom stereocenters. The molecule has 0 radical (unpaired) electrons. The SMILES string of the molecule is C=CCc1cc(C(F)(F)F)cc(OCOC)c1I. The van der Waals surface area contributed by atoms with Crippen LogP contribution in [-0.4, -0.2) is 13.9 Å². The molecule has 2 nitrogen and oxygen atoms in total. The monoisotopic (exact) mass is 372 g/mol. The Labute approximate surface area is 117 Å². The van der Waals surface area contributed by atoms with Gasteiger partial charge in [0.2, 0.25) is 0 Å². The van der Waals surface area contributed by atoms with Crippen LogP contribution in [0.15, 0.2) is 24.8 Å². The van der Waals surface area contributed by atoms with Gasteiger partial charge in [0.25, 0.3) is 0 Å². The van der Waals surface area contributed by atoms with Gasteiger partial charge in [-0.25, -0.2) is 0 Å². The van der Waals surface area contributed by atoms with E-state index in [1.165, 1.54) is 7.11 Å². The summed E-state index contributed by atoms with van der Waals surface area (Å²) >= 11 is 1.95. The number of hydrogen-bond acceptors (Lipinski definition) is 2. The molecule has 0 aromatic heterocycles. The number of rotatable bonds is 5. The van der Waals surface area contributed by atoms with Gasteiger partial charge in [0.1, 0.15) is 5.75 Å². The molecule has 0 aliphatic rings. The first-order valence-electron chi connectivity index (χ1n) is 5.02. The molecule has 0 spiro atoms. The van der Waals surface area contributed by atoms with Crippen molar-refractivity contribution in [2.75, 3.05) is 13.9 Å². The molecule has 0 saturated heterocycles. The van der Waals surface area contributed by atoms with Crippen LogP contribution < -0.4 is 4.74 Å². The summed E-state index contributed by atoms with van der Waals surface area (Å²) < 4.78 is 48.7. The molecule has 0 N–H and O–H groups in total. The molecule has 6 heteroatoms. The Kier molecular flexibility index (Phi) is 5.46. The van der Waals surface area contributed by atoms with E-state index < -0.39 is 11.7 Å². The Morgan fingerprint density at radius 3 is 2.56 bits per heavy atom. The average molecular weight is 372 g/mol. The Morgan fingerprint density at radius 2 is 2.06 bits per heavy atom. The summed E-state index contributed by atoms with van der Waals surface area (Å²) in [5.74, 6) is 0.170. The van der Waals surface area contributed by atoms with Crippen LogP contribution in [0.25, 0.3) is 0 Å². The van der Waals surface area contributed by atoms with Crippen LogP contribution in [0.3, 0.4) is 0 Å². The molecule has 1 aromatic carbocycles. The van der Waals surface area contributed by atoms with Crippen LogP contribution in [0.1, 0.15) is 11.1 Å². The molecule has 0 amide bonds. The summed E-state index contributed by atoms with van der Waals surface area (Å²) in [5.41, 5.74) is -0.197. The van der Waals surface area contributed by atoms with E-state index >= 15 is 0 Å². The highest BCUT2D eigenvalue weighted by atomic mass is 127. The zero-order chi connectivity index (χ0) is 13.8. The molecule has 0 heterocycles. The average Bonchev–Trinajstić information content (AvgIpc) is 2.29. The number of halogens is 4. The third-order valence-electron chi connectivity index (χ3n) is 2.14. The zero-order valence-electron chi connectivity index (χ0n) is 9.68. The molecular formula is C12H12F3IO2. The van der Waals surface area contributed by atoms with Crippen molar-refractivity contribution in [1.29, 1.82) is 0 Å². The van der Waals surface area contributed by atoms with Gasteiger partial charge >= 0.3 is 6.18 Å². The Balaban J connectivity index is 3.22. The lowest BCUT2D eigenvalue weighted by atomic mass is 10.1. The van der Waals surface area contributed by atoms with Gasteiger partial charge in [0, 0.05) is 7.11 Å². The number of ether oxygens (including phenoxy) is 2. The quantitative estimate of drug-likeness (QED) is 0.442. The Bertz CT molecular complexity index is 430. The second-order valence-electron chi connectivity index (χ2n) is 3.49. The summed E-state index contributed by atoms with van der Waals surface area (Å²) in [6, 6.07) is 2.09. The smallest absolute Gasteiger partial charge is 0.416 e. The fourth-order valence-electron chi connectivity index (χ4n) is 1.35. The zero-order valence-corrected chi connectivity index (χ0v) is 11.8. The number of allylic oxidation sites excluding steroid dienone is 1. The van der Waals surface area contributed by atoms with Crippen molar-refractivity contribution in [1.82, 2.24) is 0 Å². The van der Waals surface area contributed by atoms with E-state index in [9.17, 15) is 13.2 Å². The maximum Gasteiger partial charge on any atom is 0.416 e. The minimum Gasteiger partial charge on any atom is -0.466 e. The summed E-state index contributed by atoms with van der Waals surface area (Å²) in [6.07, 6.45) is -2.49. The van der Waals surface area contributed by atoms with Crippen LogP contribution in [0.4, 0.5) is 13.2 Å².